The van der Waals surface area contributed by atoms with Gasteiger partial charge in [-0.3, -0.25) is 0 Å². The van der Waals surface area contributed by atoms with Gasteiger partial charge in [0.25, 0.3) is 0 Å². The fourth-order valence-electron chi connectivity index (χ4n) is 3.52. The SMILES string of the molecule is CC(C)C1CCCCC1(O)CCc1ccccc1. The van der Waals surface area contributed by atoms with Crippen LogP contribution in [0.15, 0.2) is 30.3 Å². The van der Waals surface area contributed by atoms with Gasteiger partial charge in [0.15, 0.2) is 0 Å². The molecular weight excluding hydrogens is 220 g/mol. The molecule has 1 N–H and O–H groups in total. The Balaban J connectivity index is 2.00. The Bertz CT molecular complexity index is 357. The zero-order valence-corrected chi connectivity index (χ0v) is 11.7. The van der Waals surface area contributed by atoms with Crippen LogP contribution in [0.1, 0.15) is 51.5 Å². The smallest absolute Gasteiger partial charge is 0.0681 e. The van der Waals surface area contributed by atoms with Crippen molar-refractivity contribution in [1.82, 2.24) is 0 Å². The van der Waals surface area contributed by atoms with Crippen LogP contribution in [0, 0.1) is 11.8 Å². The summed E-state index contributed by atoms with van der Waals surface area (Å²) in [6.07, 6.45) is 6.58. The predicted molar refractivity (Wildman–Crippen MR) is 76.5 cm³/mol. The molecule has 1 fully saturated rings. The van der Waals surface area contributed by atoms with Crippen LogP contribution >= 0.6 is 0 Å². The minimum absolute atomic E-state index is 0.428. The molecule has 1 saturated carbocycles. The highest BCUT2D eigenvalue weighted by Gasteiger charge is 2.39. The van der Waals surface area contributed by atoms with E-state index in [2.05, 4.69) is 44.2 Å². The Labute approximate surface area is 111 Å². The first kappa shape index (κ1) is 13.6. The van der Waals surface area contributed by atoms with E-state index in [-0.39, 0.29) is 0 Å². The molecule has 1 nitrogen and oxygen atoms in total. The van der Waals surface area contributed by atoms with E-state index in [4.69, 9.17) is 0 Å². The lowest BCUT2D eigenvalue weighted by atomic mass is 9.68. The third-order valence-corrected chi connectivity index (χ3v) is 4.56. The van der Waals surface area contributed by atoms with Gasteiger partial charge >= 0.3 is 0 Å². The third-order valence-electron chi connectivity index (χ3n) is 4.56. The zero-order chi connectivity index (χ0) is 13.0. The van der Waals surface area contributed by atoms with Gasteiger partial charge in [-0.2, -0.15) is 0 Å². The molecule has 0 aliphatic heterocycles. The highest BCUT2D eigenvalue weighted by atomic mass is 16.3. The van der Waals surface area contributed by atoms with Crippen LogP contribution in [0.2, 0.25) is 0 Å². The Morgan fingerprint density at radius 3 is 2.61 bits per heavy atom. The lowest BCUT2D eigenvalue weighted by molar-refractivity contribution is -0.0716. The van der Waals surface area contributed by atoms with E-state index in [1.54, 1.807) is 0 Å². The van der Waals surface area contributed by atoms with Gasteiger partial charge in [-0.15, -0.1) is 0 Å². The van der Waals surface area contributed by atoms with Crippen molar-refractivity contribution < 1.29 is 5.11 Å². The molecule has 0 amide bonds. The molecule has 2 atom stereocenters. The van der Waals surface area contributed by atoms with Gasteiger partial charge < -0.3 is 5.11 Å². The minimum Gasteiger partial charge on any atom is -0.390 e. The normalized spacial score (nSPS) is 28.6. The molecule has 0 saturated heterocycles. The molecule has 100 valence electrons. The number of aliphatic hydroxyl groups is 1. The molecule has 18 heavy (non-hydrogen) atoms. The molecule has 0 heterocycles. The zero-order valence-electron chi connectivity index (χ0n) is 11.7. The number of hydrogen-bond donors (Lipinski definition) is 1. The summed E-state index contributed by atoms with van der Waals surface area (Å²) in [5.74, 6) is 1.07. The van der Waals surface area contributed by atoms with Crippen LogP contribution in [-0.2, 0) is 6.42 Å². The van der Waals surface area contributed by atoms with Gasteiger partial charge in [-0.05, 0) is 43.1 Å². The van der Waals surface area contributed by atoms with Crippen LogP contribution in [-0.4, -0.2) is 10.7 Å². The quantitative estimate of drug-likeness (QED) is 0.844. The first-order valence-electron chi connectivity index (χ1n) is 7.38. The van der Waals surface area contributed by atoms with E-state index in [0.717, 1.165) is 19.3 Å². The molecule has 0 aromatic heterocycles. The van der Waals surface area contributed by atoms with Crippen LogP contribution < -0.4 is 0 Å². The topological polar surface area (TPSA) is 20.2 Å². The molecule has 2 rings (SSSR count). The van der Waals surface area contributed by atoms with Crippen LogP contribution in [0.3, 0.4) is 0 Å². The monoisotopic (exact) mass is 246 g/mol. The summed E-state index contributed by atoms with van der Waals surface area (Å²) < 4.78 is 0. The average molecular weight is 246 g/mol. The van der Waals surface area contributed by atoms with Gasteiger partial charge in [-0.1, -0.05) is 57.0 Å². The molecule has 0 bridgehead atoms. The Hall–Kier alpha value is -0.820. The molecular formula is C17H26O. The first-order valence-corrected chi connectivity index (χ1v) is 7.38. The molecule has 1 aliphatic carbocycles. The molecule has 0 radical (unpaired) electrons. The van der Waals surface area contributed by atoms with Gasteiger partial charge in [0.2, 0.25) is 0 Å². The van der Waals surface area contributed by atoms with E-state index in [1.807, 2.05) is 0 Å². The largest absolute Gasteiger partial charge is 0.390 e. The van der Waals surface area contributed by atoms with E-state index >= 15 is 0 Å². The van der Waals surface area contributed by atoms with E-state index in [9.17, 15) is 5.11 Å². The summed E-state index contributed by atoms with van der Waals surface area (Å²) >= 11 is 0. The number of aryl methyl sites for hydroxylation is 1. The summed E-state index contributed by atoms with van der Waals surface area (Å²) in [5.41, 5.74) is 0.918. The fourth-order valence-corrected chi connectivity index (χ4v) is 3.52. The van der Waals surface area contributed by atoms with Crippen LogP contribution in [0.5, 0.6) is 0 Å². The lowest BCUT2D eigenvalue weighted by Gasteiger charge is -2.42. The summed E-state index contributed by atoms with van der Waals surface area (Å²) in [6.45, 7) is 4.51. The maximum atomic E-state index is 11.0. The maximum absolute atomic E-state index is 11.0. The maximum Gasteiger partial charge on any atom is 0.0681 e. The van der Waals surface area contributed by atoms with Crippen LogP contribution in [0.25, 0.3) is 0 Å². The van der Waals surface area contributed by atoms with Gasteiger partial charge in [0.1, 0.15) is 0 Å². The van der Waals surface area contributed by atoms with Crippen molar-refractivity contribution in [3.8, 4) is 0 Å². The van der Waals surface area contributed by atoms with Crippen molar-refractivity contribution in [2.45, 2.75) is 58.0 Å². The standard InChI is InChI=1S/C17H26O/c1-14(2)16-10-6-7-12-17(16,18)13-11-15-8-4-3-5-9-15/h3-5,8-9,14,16,18H,6-7,10-13H2,1-2H3. The van der Waals surface area contributed by atoms with E-state index in [1.165, 1.54) is 24.8 Å². The Morgan fingerprint density at radius 2 is 1.94 bits per heavy atom. The lowest BCUT2D eigenvalue weighted by Crippen LogP contribution is -2.43. The molecule has 0 spiro atoms. The second-order valence-electron chi connectivity index (χ2n) is 6.19. The molecule has 1 aromatic carbocycles. The first-order chi connectivity index (χ1) is 8.62. The van der Waals surface area contributed by atoms with E-state index < -0.39 is 5.60 Å². The van der Waals surface area contributed by atoms with E-state index in [0.29, 0.717) is 11.8 Å². The number of rotatable bonds is 4. The van der Waals surface area contributed by atoms with Crippen molar-refractivity contribution in [3.05, 3.63) is 35.9 Å². The Morgan fingerprint density at radius 1 is 1.22 bits per heavy atom. The summed E-state index contributed by atoms with van der Waals surface area (Å²) in [4.78, 5) is 0. The van der Waals surface area contributed by atoms with Crippen molar-refractivity contribution in [1.29, 1.82) is 0 Å². The van der Waals surface area contributed by atoms with Crippen molar-refractivity contribution in [3.63, 3.8) is 0 Å². The second-order valence-corrected chi connectivity index (χ2v) is 6.19. The minimum atomic E-state index is -0.428. The highest BCUT2D eigenvalue weighted by Crippen LogP contribution is 2.41. The molecule has 1 aromatic rings. The Kier molecular flexibility index (Phi) is 4.45. The van der Waals surface area contributed by atoms with Gasteiger partial charge in [0, 0.05) is 0 Å². The van der Waals surface area contributed by atoms with Crippen LogP contribution in [0.4, 0.5) is 0 Å². The molecule has 1 aliphatic rings. The summed E-state index contributed by atoms with van der Waals surface area (Å²) in [5, 5.41) is 11.0. The number of benzene rings is 1. The summed E-state index contributed by atoms with van der Waals surface area (Å²) in [6, 6.07) is 10.5. The third kappa shape index (κ3) is 3.14. The average Bonchev–Trinajstić information content (AvgIpc) is 2.38. The summed E-state index contributed by atoms with van der Waals surface area (Å²) in [7, 11) is 0. The van der Waals surface area contributed by atoms with Gasteiger partial charge in [0.05, 0.1) is 5.60 Å². The predicted octanol–water partition coefficient (Wildman–Crippen LogP) is 4.20. The van der Waals surface area contributed by atoms with Crippen molar-refractivity contribution in [2.24, 2.45) is 11.8 Å². The molecule has 2 unspecified atom stereocenters. The van der Waals surface area contributed by atoms with Gasteiger partial charge in [-0.25, -0.2) is 0 Å². The highest BCUT2D eigenvalue weighted by molar-refractivity contribution is 5.15. The van der Waals surface area contributed by atoms with Crippen molar-refractivity contribution in [2.75, 3.05) is 0 Å². The second kappa shape index (κ2) is 5.88. The molecule has 1 heteroatoms. The van der Waals surface area contributed by atoms with Crippen molar-refractivity contribution >= 4 is 0 Å². The fraction of sp³-hybridized carbons (Fsp3) is 0.647. The number of hydrogen-bond acceptors (Lipinski definition) is 1.